The zero-order valence-electron chi connectivity index (χ0n) is 52.5. The van der Waals surface area contributed by atoms with Crippen LogP contribution in [0.25, 0.3) is 54.6 Å². The number of aryl methyl sites for hydroxylation is 1. The topological polar surface area (TPSA) is 59.1 Å². The van der Waals surface area contributed by atoms with E-state index in [-0.39, 0.29) is 32.6 Å². The molecule has 0 fully saturated rings. The van der Waals surface area contributed by atoms with Gasteiger partial charge in [-0.2, -0.15) is 0 Å². The van der Waals surface area contributed by atoms with Crippen molar-refractivity contribution in [1.29, 1.82) is 0 Å². The number of para-hydroxylation sites is 4. The van der Waals surface area contributed by atoms with Gasteiger partial charge in [0.2, 0.25) is 13.4 Å². The number of fused-ring (bicyclic) bond motifs is 8. The van der Waals surface area contributed by atoms with Gasteiger partial charge < -0.3 is 19.3 Å². The lowest BCUT2D eigenvalue weighted by Crippen LogP contribution is -2.75. The van der Waals surface area contributed by atoms with Crippen LogP contribution in [0.5, 0.6) is 0 Å². The molecule has 0 N–H and O–H groups in total. The van der Waals surface area contributed by atoms with Crippen LogP contribution >= 0.6 is 0 Å². The lowest BCUT2D eigenvalue weighted by molar-refractivity contribution is 0.0464. The molecule has 0 radical (unpaired) electrons. The molecule has 9 heteroatoms. The van der Waals surface area contributed by atoms with E-state index in [1.54, 1.807) is 0 Å². The highest BCUT2D eigenvalue weighted by Crippen LogP contribution is 2.50. The van der Waals surface area contributed by atoms with Gasteiger partial charge in [-0.05, 0) is 181 Å². The molecule has 450 valence electrons. The monoisotopic (exact) mass is 1240 g/mol. The van der Waals surface area contributed by atoms with Crippen molar-refractivity contribution in [3.63, 3.8) is 0 Å². The van der Waals surface area contributed by atoms with Gasteiger partial charge in [-0.1, -0.05) is 260 Å². The minimum Gasteiger partial charge on any atom is -0.457 e. The molecule has 4 aliphatic rings. The van der Waals surface area contributed by atoms with Crippen LogP contribution < -0.4 is 63.3 Å². The van der Waals surface area contributed by atoms with Crippen LogP contribution in [0.2, 0.25) is 0 Å². The first-order valence-electron chi connectivity index (χ1n) is 33.1. The van der Waals surface area contributed by atoms with E-state index < -0.39 is 14.0 Å². The number of benzene rings is 15. The van der Waals surface area contributed by atoms with E-state index in [0.717, 1.165) is 84.0 Å². The van der Waals surface area contributed by atoms with Crippen LogP contribution in [0.3, 0.4) is 0 Å². The fourth-order valence-electron chi connectivity index (χ4n) is 17.0. The van der Waals surface area contributed by atoms with Gasteiger partial charge in [0.15, 0.2) is 8.07 Å². The first-order valence-corrected chi connectivity index (χ1v) is 35.1. The second kappa shape index (κ2) is 21.9. The Morgan fingerprint density at radius 1 is 0.344 bits per heavy atom. The number of hydrogen-bond acceptors (Lipinski definition) is 6. The Kier molecular flexibility index (Phi) is 12.7. The van der Waals surface area contributed by atoms with E-state index >= 15 is 9.59 Å². The van der Waals surface area contributed by atoms with Crippen LogP contribution in [0.15, 0.2) is 309 Å². The van der Waals surface area contributed by atoms with Crippen molar-refractivity contribution in [3.8, 4) is 22.3 Å². The van der Waals surface area contributed by atoms with Crippen LogP contribution in [0, 0.1) is 6.92 Å². The average molecular weight is 1250 g/mol. The summed E-state index contributed by atoms with van der Waals surface area (Å²) in [5.41, 5.74) is 21.2. The first kappa shape index (κ1) is 55.8. The van der Waals surface area contributed by atoms with Crippen LogP contribution in [-0.4, -0.2) is 33.4 Å². The lowest BCUT2D eigenvalue weighted by atomic mass is 9.31. The van der Waals surface area contributed by atoms with Crippen molar-refractivity contribution >= 4 is 153 Å². The summed E-state index contributed by atoms with van der Waals surface area (Å²) in [4.78, 5) is 35.1. The molecule has 0 unspecified atom stereocenters. The number of rotatable bonds is 12. The summed E-state index contributed by atoms with van der Waals surface area (Å²) in [6.07, 6.45) is 0. The van der Waals surface area contributed by atoms with Crippen molar-refractivity contribution in [2.24, 2.45) is 0 Å². The van der Waals surface area contributed by atoms with Crippen LogP contribution in [0.1, 0.15) is 37.4 Å². The predicted octanol–water partition coefficient (Wildman–Crippen LogP) is 13.5. The summed E-state index contributed by atoms with van der Waals surface area (Å²) < 4.78 is 12.7. The van der Waals surface area contributed by atoms with Gasteiger partial charge in [-0.15, -0.1) is 0 Å². The molecule has 4 heterocycles. The van der Waals surface area contributed by atoms with Crippen LogP contribution in [-0.2, 0) is 22.7 Å². The predicted molar refractivity (Wildman–Crippen MR) is 399 cm³/mol. The van der Waals surface area contributed by atoms with E-state index in [2.05, 4.69) is 265 Å². The van der Waals surface area contributed by atoms with Crippen molar-refractivity contribution in [2.45, 2.75) is 20.1 Å². The van der Waals surface area contributed by atoms with Gasteiger partial charge in [0.05, 0.1) is 11.1 Å². The van der Waals surface area contributed by atoms with Crippen molar-refractivity contribution in [3.05, 3.63) is 337 Å². The Morgan fingerprint density at radius 2 is 0.708 bits per heavy atom. The molecule has 15 aromatic rings. The Hall–Kier alpha value is -11.8. The number of ether oxygens (including phenoxy) is 2. The molecule has 96 heavy (non-hydrogen) atoms. The van der Waals surface area contributed by atoms with Gasteiger partial charge in [0, 0.05) is 34.1 Å². The SMILES string of the molecule is Cc1cc2c3c(cc4c([Si](c5ccccc5)(c5ccccc5)c5ccccc5)cc5c6c(cc1c3c46)B1c3ccccc3N(c3ccccc3)c3cc(C(=O)OCc4ccccc4)cc-5c31)B1c3ccccc3N(c3ccccc3)c3cc(C(=O)OCc4ccccc4)cc-2c31. The summed E-state index contributed by atoms with van der Waals surface area (Å²) in [7, 11) is -3.48. The quantitative estimate of drug-likeness (QED) is 0.0526. The number of anilines is 6. The fourth-order valence-corrected chi connectivity index (χ4v) is 22.0. The highest BCUT2D eigenvalue weighted by Gasteiger charge is 2.49. The third kappa shape index (κ3) is 8.26. The van der Waals surface area contributed by atoms with Crippen molar-refractivity contribution in [1.82, 2.24) is 0 Å². The second-order valence-corrected chi connectivity index (χ2v) is 29.7. The number of carbonyl (C=O) groups is 2. The summed E-state index contributed by atoms with van der Waals surface area (Å²) in [6.45, 7) is 2.07. The Morgan fingerprint density at radius 3 is 1.15 bits per heavy atom. The van der Waals surface area contributed by atoms with Gasteiger partial charge in [-0.3, -0.25) is 0 Å². The number of carbonyl (C=O) groups excluding carboxylic acids is 2. The molecule has 0 saturated heterocycles. The smallest absolute Gasteiger partial charge is 0.338 e. The Bertz CT molecular complexity index is 5570. The molecule has 6 nitrogen and oxygen atoms in total. The Balaban J connectivity index is 0.989. The summed E-state index contributed by atoms with van der Waals surface area (Å²) in [5, 5.41) is 12.2. The lowest BCUT2D eigenvalue weighted by Gasteiger charge is -2.43. The number of hydrogen-bond donors (Lipinski definition) is 0. The largest absolute Gasteiger partial charge is 0.457 e. The van der Waals surface area contributed by atoms with Crippen molar-refractivity contribution < 1.29 is 19.1 Å². The van der Waals surface area contributed by atoms with Gasteiger partial charge in [-0.25, -0.2) is 9.59 Å². The fraction of sp³-hybridized carbons (Fsp3) is 0.0345. The highest BCUT2D eigenvalue weighted by molar-refractivity contribution is 7.21. The average Bonchev–Trinajstić information content (AvgIpc) is 0.663. The van der Waals surface area contributed by atoms with E-state index in [4.69, 9.17) is 9.47 Å². The molecule has 4 aliphatic heterocycles. The molecule has 15 aromatic carbocycles. The summed E-state index contributed by atoms with van der Waals surface area (Å²) >= 11 is 0. The van der Waals surface area contributed by atoms with E-state index in [1.807, 2.05) is 60.7 Å². The molecule has 0 spiro atoms. The third-order valence-electron chi connectivity index (χ3n) is 20.9. The maximum absolute atomic E-state index is 15.3. The maximum Gasteiger partial charge on any atom is 0.338 e. The summed E-state index contributed by atoms with van der Waals surface area (Å²) in [6, 6.07) is 111. The van der Waals surface area contributed by atoms with E-state index in [9.17, 15) is 0 Å². The molecule has 0 bridgehead atoms. The molecular weight excluding hydrogens is 1190 g/mol. The minimum atomic E-state index is -3.48. The van der Waals surface area contributed by atoms with Crippen LogP contribution in [0.4, 0.5) is 34.1 Å². The van der Waals surface area contributed by atoms with E-state index in [1.165, 1.54) is 74.9 Å². The second-order valence-electron chi connectivity index (χ2n) is 25.9. The molecule has 0 aliphatic carbocycles. The van der Waals surface area contributed by atoms with Gasteiger partial charge in [0.1, 0.15) is 13.2 Å². The summed E-state index contributed by atoms with van der Waals surface area (Å²) in [5.74, 6) is -0.773. The van der Waals surface area contributed by atoms with Crippen molar-refractivity contribution in [2.75, 3.05) is 9.80 Å². The van der Waals surface area contributed by atoms with Gasteiger partial charge >= 0.3 is 11.9 Å². The number of nitrogens with zero attached hydrogens (tertiary/aromatic N) is 2. The zero-order chi connectivity index (χ0) is 63.8. The molecule has 0 saturated carbocycles. The Labute approximate surface area is 558 Å². The normalized spacial score (nSPS) is 12.9. The highest BCUT2D eigenvalue weighted by atomic mass is 28.3. The number of esters is 2. The first-order chi connectivity index (χ1) is 47.4. The molecule has 0 atom stereocenters. The minimum absolute atomic E-state index is 0.132. The standard InChI is InChI=1S/C87H58B2N2O4Si/c1-55-45-66-68-46-58(86(92)94-53-56-27-9-2-10-28-56)48-77-84(68)89(72-42-24-26-44-76(72)90(77)60-31-13-4-14-32-60)74-51-70-79(96(62-35-17-6-18-36-62,63-37-19-7-20-38-63)64-39-21-8-22-40-64)52-67-69-47-59(87(93)95-54-57-29-11-3-12-30-57)49-78-85(69)88(73-50-65(55)82(80(66)74)83(70)81(67)73)71-41-23-25-43-75(71)91(78)61-33-15-5-16-34-61/h2-52H,53-54H2,1H3. The third-order valence-corrected chi connectivity index (χ3v) is 25.7. The van der Waals surface area contributed by atoms with E-state index in [0.29, 0.717) is 11.1 Å². The molecule has 0 aromatic heterocycles. The van der Waals surface area contributed by atoms with Gasteiger partial charge in [0.25, 0.3) is 0 Å². The molecular formula is C87H58B2N2O4Si. The molecule has 0 amide bonds. The maximum atomic E-state index is 15.3. The zero-order valence-corrected chi connectivity index (χ0v) is 53.5. The molecule has 19 rings (SSSR count).